The standard InChI is InChI=1S/C33H49NO2/c1-26(2)11-7-12-27(3)13-8-14-28(4)15-9-16-29(5)17-10-18-30(6)21-22-34-24-31-19-20-32-33(23-31)36-25-35-32/h11,13,15,17,19-21,23,34H,7-10,12,14,16,18,22,24-25H2,1-6H3/b27-13?,28-15?,29-17+,30-21+. The van der Waals surface area contributed by atoms with Crippen LogP contribution < -0.4 is 14.8 Å². The van der Waals surface area contributed by atoms with Crippen molar-refractivity contribution in [3.05, 3.63) is 82.0 Å². The zero-order valence-corrected chi connectivity index (χ0v) is 23.7. The van der Waals surface area contributed by atoms with Gasteiger partial charge >= 0.3 is 0 Å². The average molecular weight is 492 g/mol. The lowest BCUT2D eigenvalue weighted by Gasteiger charge is -2.05. The van der Waals surface area contributed by atoms with Gasteiger partial charge in [-0.3, -0.25) is 0 Å². The van der Waals surface area contributed by atoms with Gasteiger partial charge in [0.15, 0.2) is 11.5 Å². The van der Waals surface area contributed by atoms with E-state index in [0.717, 1.165) is 56.7 Å². The summed E-state index contributed by atoms with van der Waals surface area (Å²) in [6, 6.07) is 6.13. The van der Waals surface area contributed by atoms with Crippen LogP contribution >= 0.6 is 0 Å². The molecule has 3 nitrogen and oxygen atoms in total. The van der Waals surface area contributed by atoms with E-state index in [-0.39, 0.29) is 0 Å². The van der Waals surface area contributed by atoms with Crippen LogP contribution in [0.4, 0.5) is 0 Å². The highest BCUT2D eigenvalue weighted by Crippen LogP contribution is 2.32. The van der Waals surface area contributed by atoms with Gasteiger partial charge in [0.2, 0.25) is 6.79 Å². The maximum absolute atomic E-state index is 5.45. The van der Waals surface area contributed by atoms with Crippen molar-refractivity contribution >= 4 is 0 Å². The van der Waals surface area contributed by atoms with Crippen molar-refractivity contribution < 1.29 is 9.47 Å². The summed E-state index contributed by atoms with van der Waals surface area (Å²) in [4.78, 5) is 0. The number of nitrogens with one attached hydrogen (secondary N) is 1. The summed E-state index contributed by atoms with van der Waals surface area (Å²) in [6.07, 6.45) is 21.1. The Bertz CT molecular complexity index is 958. The first-order valence-corrected chi connectivity index (χ1v) is 13.7. The third-order valence-corrected chi connectivity index (χ3v) is 6.55. The Morgan fingerprint density at radius 3 is 1.72 bits per heavy atom. The van der Waals surface area contributed by atoms with E-state index >= 15 is 0 Å². The molecule has 1 heterocycles. The predicted molar refractivity (Wildman–Crippen MR) is 156 cm³/mol. The lowest BCUT2D eigenvalue weighted by molar-refractivity contribution is 0.174. The normalized spacial score (nSPS) is 14.4. The minimum absolute atomic E-state index is 0.327. The second kappa shape index (κ2) is 17.0. The maximum atomic E-state index is 5.45. The molecule has 36 heavy (non-hydrogen) atoms. The molecular formula is C33H49NO2. The first-order valence-electron chi connectivity index (χ1n) is 13.7. The number of ether oxygens (including phenoxy) is 2. The summed E-state index contributed by atoms with van der Waals surface area (Å²) < 4.78 is 10.8. The lowest BCUT2D eigenvalue weighted by atomic mass is 10.0. The van der Waals surface area contributed by atoms with E-state index in [0.29, 0.717) is 6.79 Å². The second-order valence-corrected chi connectivity index (χ2v) is 10.5. The third kappa shape index (κ3) is 13.0. The van der Waals surface area contributed by atoms with Crippen LogP contribution in [-0.4, -0.2) is 13.3 Å². The average Bonchev–Trinajstić information content (AvgIpc) is 3.29. The largest absolute Gasteiger partial charge is 0.454 e. The molecule has 0 aliphatic carbocycles. The van der Waals surface area contributed by atoms with Crippen molar-refractivity contribution in [2.45, 2.75) is 99.5 Å². The molecule has 3 heteroatoms. The SMILES string of the molecule is CC(C)=CCCC(C)=CCCC(C)=CCC/C(C)=C/CC/C(C)=C/CNCc1ccc2c(c1)OCO2. The first-order chi connectivity index (χ1) is 17.3. The predicted octanol–water partition coefficient (Wildman–Crippen LogP) is 9.38. The topological polar surface area (TPSA) is 30.5 Å². The molecule has 198 valence electrons. The van der Waals surface area contributed by atoms with Crippen molar-refractivity contribution in [1.29, 1.82) is 0 Å². The maximum Gasteiger partial charge on any atom is 0.231 e. The van der Waals surface area contributed by atoms with E-state index in [4.69, 9.17) is 9.47 Å². The molecule has 0 fully saturated rings. The molecule has 0 amide bonds. The smallest absolute Gasteiger partial charge is 0.231 e. The molecule has 1 aliphatic rings. The molecule has 1 aliphatic heterocycles. The third-order valence-electron chi connectivity index (χ3n) is 6.55. The van der Waals surface area contributed by atoms with Crippen molar-refractivity contribution in [2.75, 3.05) is 13.3 Å². The van der Waals surface area contributed by atoms with Crippen LogP contribution in [-0.2, 0) is 6.54 Å². The molecular weight excluding hydrogens is 442 g/mol. The molecule has 0 bridgehead atoms. The van der Waals surface area contributed by atoms with E-state index in [2.05, 4.69) is 89.4 Å². The Balaban J connectivity index is 1.56. The van der Waals surface area contributed by atoms with Crippen molar-refractivity contribution in [3.63, 3.8) is 0 Å². The Kier molecular flexibility index (Phi) is 14.1. The van der Waals surface area contributed by atoms with Crippen LogP contribution in [0.5, 0.6) is 11.5 Å². The van der Waals surface area contributed by atoms with E-state index in [1.807, 2.05) is 6.07 Å². The quantitative estimate of drug-likeness (QED) is 0.184. The van der Waals surface area contributed by atoms with Crippen LogP contribution in [0, 0.1) is 0 Å². The van der Waals surface area contributed by atoms with Crippen LogP contribution in [0.2, 0.25) is 0 Å². The van der Waals surface area contributed by atoms with Crippen molar-refractivity contribution in [3.8, 4) is 11.5 Å². The van der Waals surface area contributed by atoms with Gasteiger partial charge in [-0.2, -0.15) is 0 Å². The van der Waals surface area contributed by atoms with Gasteiger partial charge < -0.3 is 14.8 Å². The number of benzene rings is 1. The molecule has 1 aromatic rings. The van der Waals surface area contributed by atoms with Crippen LogP contribution in [0.15, 0.2) is 76.4 Å². The summed E-state index contributed by atoms with van der Waals surface area (Å²) in [6.45, 7) is 15.4. The highest BCUT2D eigenvalue weighted by molar-refractivity contribution is 5.44. The fraction of sp³-hybridized carbons (Fsp3) is 0.515. The van der Waals surface area contributed by atoms with Crippen molar-refractivity contribution in [1.82, 2.24) is 5.32 Å². The molecule has 0 saturated carbocycles. The van der Waals surface area contributed by atoms with E-state index in [1.54, 1.807) is 0 Å². The van der Waals surface area contributed by atoms with Gasteiger partial charge in [0.05, 0.1) is 0 Å². The summed E-state index contributed by atoms with van der Waals surface area (Å²) in [5.74, 6) is 1.69. The molecule has 0 atom stereocenters. The Labute approximate surface area is 221 Å². The number of hydrogen-bond acceptors (Lipinski definition) is 3. The van der Waals surface area contributed by atoms with Gasteiger partial charge in [-0.1, -0.05) is 64.3 Å². The molecule has 0 radical (unpaired) electrons. The number of rotatable bonds is 16. The van der Waals surface area contributed by atoms with Crippen molar-refractivity contribution in [2.24, 2.45) is 0 Å². The summed E-state index contributed by atoms with van der Waals surface area (Å²) in [7, 11) is 0. The van der Waals surface area contributed by atoms with Gasteiger partial charge in [0, 0.05) is 13.1 Å². The minimum Gasteiger partial charge on any atom is -0.454 e. The van der Waals surface area contributed by atoms with Gasteiger partial charge in [0.25, 0.3) is 0 Å². The van der Waals surface area contributed by atoms with Gasteiger partial charge in [-0.15, -0.1) is 0 Å². The van der Waals surface area contributed by atoms with Crippen LogP contribution in [0.3, 0.4) is 0 Å². The van der Waals surface area contributed by atoms with Crippen LogP contribution in [0.25, 0.3) is 0 Å². The Morgan fingerprint density at radius 1 is 0.667 bits per heavy atom. The highest BCUT2D eigenvalue weighted by atomic mass is 16.7. The minimum atomic E-state index is 0.327. The fourth-order valence-electron chi connectivity index (χ4n) is 4.15. The summed E-state index contributed by atoms with van der Waals surface area (Å²) in [5.41, 5.74) is 8.61. The van der Waals surface area contributed by atoms with E-state index < -0.39 is 0 Å². The molecule has 1 aromatic carbocycles. The van der Waals surface area contributed by atoms with Crippen LogP contribution in [0.1, 0.15) is 98.5 Å². The second-order valence-electron chi connectivity index (χ2n) is 10.5. The number of fused-ring (bicyclic) bond motifs is 1. The zero-order chi connectivity index (χ0) is 26.2. The monoisotopic (exact) mass is 491 g/mol. The molecule has 0 spiro atoms. The summed E-state index contributed by atoms with van der Waals surface area (Å²) in [5, 5.41) is 3.49. The van der Waals surface area contributed by atoms with Gasteiger partial charge in [-0.25, -0.2) is 0 Å². The highest BCUT2D eigenvalue weighted by Gasteiger charge is 2.12. The Hall–Kier alpha value is -2.52. The van der Waals surface area contributed by atoms with Gasteiger partial charge in [0.1, 0.15) is 0 Å². The number of allylic oxidation sites excluding steroid dienone is 9. The van der Waals surface area contributed by atoms with Gasteiger partial charge in [-0.05, 0) is 111 Å². The molecule has 1 N–H and O–H groups in total. The lowest BCUT2D eigenvalue weighted by Crippen LogP contribution is -2.13. The van der Waals surface area contributed by atoms with E-state index in [9.17, 15) is 0 Å². The molecule has 0 saturated heterocycles. The summed E-state index contributed by atoms with van der Waals surface area (Å²) >= 11 is 0. The molecule has 0 aromatic heterocycles. The fourth-order valence-corrected chi connectivity index (χ4v) is 4.15. The Morgan fingerprint density at radius 2 is 1.17 bits per heavy atom. The zero-order valence-electron chi connectivity index (χ0n) is 23.7. The number of hydrogen-bond donors (Lipinski definition) is 1. The van der Waals surface area contributed by atoms with E-state index in [1.165, 1.54) is 52.7 Å². The molecule has 0 unspecified atom stereocenters. The first kappa shape index (κ1) is 29.7. The molecule has 2 rings (SSSR count).